The maximum atomic E-state index is 10.7. The second-order valence-corrected chi connectivity index (χ2v) is 7.03. The number of aliphatic hydroxyl groups excluding tert-OH is 1. The summed E-state index contributed by atoms with van der Waals surface area (Å²) in [5.41, 5.74) is 2.63. The van der Waals surface area contributed by atoms with E-state index in [4.69, 9.17) is 9.73 Å². The smallest absolute Gasteiger partial charge is 0.216 e. The third-order valence-corrected chi connectivity index (χ3v) is 4.25. The van der Waals surface area contributed by atoms with Crippen LogP contribution < -0.4 is 0 Å². The molecule has 3 nitrogen and oxygen atoms in total. The summed E-state index contributed by atoms with van der Waals surface area (Å²) in [6.07, 6.45) is -0.688. The molecule has 0 saturated carbocycles. The number of hydrogen-bond donors (Lipinski definition) is 1. The van der Waals surface area contributed by atoms with Gasteiger partial charge in [0.15, 0.2) is 0 Å². The Morgan fingerprint density at radius 1 is 1.04 bits per heavy atom. The third kappa shape index (κ3) is 3.30. The van der Waals surface area contributed by atoms with Gasteiger partial charge in [0, 0.05) is 5.56 Å². The first-order valence-electron chi connectivity index (χ1n) is 8.00. The van der Waals surface area contributed by atoms with Gasteiger partial charge in [0.05, 0.1) is 6.04 Å². The highest BCUT2D eigenvalue weighted by Gasteiger charge is 2.31. The lowest BCUT2D eigenvalue weighted by Crippen LogP contribution is -2.25. The summed E-state index contributed by atoms with van der Waals surface area (Å²) >= 11 is 0. The fourth-order valence-electron chi connectivity index (χ4n) is 2.71. The van der Waals surface area contributed by atoms with E-state index >= 15 is 0 Å². The molecule has 2 aromatic carbocycles. The van der Waals surface area contributed by atoms with E-state index in [-0.39, 0.29) is 11.5 Å². The molecule has 0 saturated heterocycles. The molecule has 3 heteroatoms. The van der Waals surface area contributed by atoms with Gasteiger partial charge in [-0.15, -0.1) is 0 Å². The second-order valence-electron chi connectivity index (χ2n) is 7.03. The van der Waals surface area contributed by atoms with Gasteiger partial charge in [-0.25, -0.2) is 4.99 Å². The molecule has 3 rings (SSSR count). The van der Waals surface area contributed by atoms with Crippen molar-refractivity contribution in [2.75, 3.05) is 6.61 Å². The highest BCUT2D eigenvalue weighted by atomic mass is 16.5. The molecule has 1 heterocycles. The molecular formula is C20H23NO2. The van der Waals surface area contributed by atoms with Crippen LogP contribution in [0.2, 0.25) is 0 Å². The third-order valence-electron chi connectivity index (χ3n) is 4.25. The van der Waals surface area contributed by atoms with Crippen molar-refractivity contribution in [1.29, 1.82) is 0 Å². The summed E-state index contributed by atoms with van der Waals surface area (Å²) in [6.45, 7) is 7.09. The number of ether oxygens (including phenoxy) is 1. The summed E-state index contributed by atoms with van der Waals surface area (Å²) < 4.78 is 5.84. The van der Waals surface area contributed by atoms with Crippen LogP contribution >= 0.6 is 0 Å². The van der Waals surface area contributed by atoms with Gasteiger partial charge in [-0.3, -0.25) is 0 Å². The van der Waals surface area contributed by atoms with E-state index in [1.807, 2.05) is 54.6 Å². The number of aliphatic imine (C=N–C) groups is 1. The Hall–Kier alpha value is -2.13. The molecule has 0 aliphatic carbocycles. The van der Waals surface area contributed by atoms with Crippen LogP contribution in [0, 0.1) is 5.41 Å². The van der Waals surface area contributed by atoms with Crippen LogP contribution in [0.3, 0.4) is 0 Å². The maximum Gasteiger partial charge on any atom is 0.216 e. The highest BCUT2D eigenvalue weighted by Crippen LogP contribution is 2.30. The summed E-state index contributed by atoms with van der Waals surface area (Å²) in [7, 11) is 0. The van der Waals surface area contributed by atoms with Gasteiger partial charge in [-0.05, 0) is 22.6 Å². The molecule has 2 atom stereocenters. The van der Waals surface area contributed by atoms with E-state index < -0.39 is 6.10 Å². The number of rotatable bonds is 3. The maximum absolute atomic E-state index is 10.7. The van der Waals surface area contributed by atoms with Crippen LogP contribution in [0.4, 0.5) is 0 Å². The van der Waals surface area contributed by atoms with Crippen LogP contribution in [0.25, 0.3) is 0 Å². The van der Waals surface area contributed by atoms with Gasteiger partial charge in [0.2, 0.25) is 5.90 Å². The Bertz CT molecular complexity index is 701. The first-order valence-corrected chi connectivity index (χ1v) is 8.00. The van der Waals surface area contributed by atoms with Gasteiger partial charge < -0.3 is 9.84 Å². The van der Waals surface area contributed by atoms with Gasteiger partial charge in [0.1, 0.15) is 12.7 Å². The van der Waals surface area contributed by atoms with Crippen LogP contribution in [-0.4, -0.2) is 23.7 Å². The van der Waals surface area contributed by atoms with Crippen molar-refractivity contribution in [2.45, 2.75) is 32.9 Å². The Balaban J connectivity index is 1.96. The fourth-order valence-corrected chi connectivity index (χ4v) is 2.71. The van der Waals surface area contributed by atoms with Gasteiger partial charge in [-0.1, -0.05) is 69.3 Å². The van der Waals surface area contributed by atoms with Gasteiger partial charge in [-0.2, -0.15) is 0 Å². The molecule has 0 aromatic heterocycles. The van der Waals surface area contributed by atoms with Crippen LogP contribution in [-0.2, 0) is 4.74 Å². The largest absolute Gasteiger partial charge is 0.475 e. The summed E-state index contributed by atoms with van der Waals surface area (Å²) in [6, 6.07) is 17.6. The SMILES string of the molecule is CC(C)(C)[C@H]1COC(c2ccccc2C(O)c2ccccc2)=N1. The predicted octanol–water partition coefficient (Wildman–Crippen LogP) is 3.96. The second kappa shape index (κ2) is 6.17. The topological polar surface area (TPSA) is 41.8 Å². The fraction of sp³-hybridized carbons (Fsp3) is 0.350. The van der Waals surface area contributed by atoms with Crippen molar-refractivity contribution in [3.8, 4) is 0 Å². The lowest BCUT2D eigenvalue weighted by Gasteiger charge is -2.21. The molecule has 1 N–H and O–H groups in total. The minimum Gasteiger partial charge on any atom is -0.475 e. The zero-order valence-corrected chi connectivity index (χ0v) is 13.9. The van der Waals surface area contributed by atoms with E-state index in [0.29, 0.717) is 12.5 Å². The van der Waals surface area contributed by atoms with Gasteiger partial charge >= 0.3 is 0 Å². The lowest BCUT2D eigenvalue weighted by molar-refractivity contribution is 0.218. The van der Waals surface area contributed by atoms with Crippen molar-refractivity contribution in [3.05, 3.63) is 71.3 Å². The quantitative estimate of drug-likeness (QED) is 0.932. The number of nitrogens with zero attached hydrogens (tertiary/aromatic N) is 1. The molecule has 23 heavy (non-hydrogen) atoms. The number of benzene rings is 2. The molecule has 0 bridgehead atoms. The van der Waals surface area contributed by atoms with Crippen molar-refractivity contribution in [2.24, 2.45) is 10.4 Å². The molecule has 1 unspecified atom stereocenters. The molecule has 2 aromatic rings. The van der Waals surface area contributed by atoms with Crippen molar-refractivity contribution >= 4 is 5.90 Å². The lowest BCUT2D eigenvalue weighted by atomic mass is 9.88. The predicted molar refractivity (Wildman–Crippen MR) is 92.7 cm³/mol. The first-order chi connectivity index (χ1) is 11.0. The summed E-state index contributed by atoms with van der Waals surface area (Å²) in [5, 5.41) is 10.7. The first kappa shape index (κ1) is 15.8. The van der Waals surface area contributed by atoms with E-state index in [1.165, 1.54) is 0 Å². The zero-order chi connectivity index (χ0) is 16.4. The Morgan fingerprint density at radius 2 is 1.70 bits per heavy atom. The Labute approximate surface area is 137 Å². The van der Waals surface area contributed by atoms with Crippen LogP contribution in [0.1, 0.15) is 43.6 Å². The minimum atomic E-state index is -0.688. The highest BCUT2D eigenvalue weighted by molar-refractivity contribution is 5.96. The molecule has 0 radical (unpaired) electrons. The van der Waals surface area contributed by atoms with Gasteiger partial charge in [0.25, 0.3) is 0 Å². The molecule has 0 amide bonds. The summed E-state index contributed by atoms with van der Waals surface area (Å²) in [4.78, 5) is 4.75. The van der Waals surface area contributed by atoms with E-state index in [1.54, 1.807) is 0 Å². The average Bonchev–Trinajstić information content (AvgIpc) is 3.05. The number of aliphatic hydroxyl groups is 1. The average molecular weight is 309 g/mol. The molecule has 1 aliphatic heterocycles. The van der Waals surface area contributed by atoms with E-state index in [0.717, 1.165) is 16.7 Å². The van der Waals surface area contributed by atoms with E-state index in [9.17, 15) is 5.11 Å². The standard InChI is InChI=1S/C20H23NO2/c1-20(2,3)17-13-23-19(21-17)16-12-8-7-11-15(16)18(22)14-9-5-4-6-10-14/h4-12,17-18,22H,13H2,1-3H3/t17-,18?/m1/s1. The molecule has 0 fully saturated rings. The monoisotopic (exact) mass is 309 g/mol. The van der Waals surface area contributed by atoms with Crippen molar-refractivity contribution < 1.29 is 9.84 Å². The Kier molecular flexibility index (Phi) is 4.22. The Morgan fingerprint density at radius 3 is 2.35 bits per heavy atom. The number of hydrogen-bond acceptors (Lipinski definition) is 3. The van der Waals surface area contributed by atoms with Crippen molar-refractivity contribution in [3.63, 3.8) is 0 Å². The molecular weight excluding hydrogens is 286 g/mol. The minimum absolute atomic E-state index is 0.0642. The zero-order valence-electron chi connectivity index (χ0n) is 13.9. The normalized spacial score (nSPS) is 19.1. The van der Waals surface area contributed by atoms with Crippen molar-refractivity contribution in [1.82, 2.24) is 0 Å². The molecule has 1 aliphatic rings. The molecule has 0 spiro atoms. The summed E-state index contributed by atoms with van der Waals surface area (Å²) in [5.74, 6) is 0.635. The van der Waals surface area contributed by atoms with E-state index in [2.05, 4.69) is 20.8 Å². The molecule has 120 valence electrons. The van der Waals surface area contributed by atoms with Crippen LogP contribution in [0.15, 0.2) is 59.6 Å². The van der Waals surface area contributed by atoms with Crippen LogP contribution in [0.5, 0.6) is 0 Å².